The molecule has 138 valence electrons. The van der Waals surface area contributed by atoms with Gasteiger partial charge in [0, 0.05) is 23.4 Å². The summed E-state index contributed by atoms with van der Waals surface area (Å²) in [7, 11) is 0. The molecule has 2 aliphatic rings. The first-order valence-corrected chi connectivity index (χ1v) is 9.46. The Morgan fingerprint density at radius 1 is 1.11 bits per heavy atom. The molecule has 2 aromatic heterocycles. The zero-order chi connectivity index (χ0) is 18.3. The lowest BCUT2D eigenvalue weighted by atomic mass is 9.72. The Hall–Kier alpha value is -2.57. The Balaban J connectivity index is 1.28. The van der Waals surface area contributed by atoms with Gasteiger partial charge in [0.05, 0.1) is 12.6 Å². The van der Waals surface area contributed by atoms with Gasteiger partial charge in [-0.25, -0.2) is 0 Å². The molecule has 0 saturated carbocycles. The van der Waals surface area contributed by atoms with E-state index in [1.54, 1.807) is 12.4 Å². The van der Waals surface area contributed by atoms with Gasteiger partial charge >= 0.3 is 0 Å². The molecule has 27 heavy (non-hydrogen) atoms. The van der Waals surface area contributed by atoms with Gasteiger partial charge in [-0.05, 0) is 55.6 Å². The standard InChI is InChI=1S/C21H22N4O2/c26-18-13-16-3-1-2-4-17(16)21(18)7-11-25(12-8-21)14-19-23-20(24-27-19)15-5-9-22-10-6-15/h1-6,9-10,18,26H,7-8,11-14H2/t18-/m1/s1. The fraction of sp³-hybridized carbons (Fsp3) is 0.381. The maximum atomic E-state index is 10.8. The van der Waals surface area contributed by atoms with Gasteiger partial charge in [-0.1, -0.05) is 29.4 Å². The maximum absolute atomic E-state index is 10.8. The summed E-state index contributed by atoms with van der Waals surface area (Å²) in [4.78, 5) is 10.9. The van der Waals surface area contributed by atoms with Crippen molar-refractivity contribution >= 4 is 0 Å². The number of aliphatic hydroxyl groups excluding tert-OH is 1. The van der Waals surface area contributed by atoms with Crippen LogP contribution in [-0.2, 0) is 18.4 Å². The van der Waals surface area contributed by atoms with Crippen LogP contribution in [0.4, 0.5) is 0 Å². The first kappa shape index (κ1) is 16.6. The summed E-state index contributed by atoms with van der Waals surface area (Å²) < 4.78 is 5.44. The smallest absolute Gasteiger partial charge is 0.241 e. The number of piperidine rings is 1. The second kappa shape index (κ2) is 6.55. The zero-order valence-electron chi connectivity index (χ0n) is 15.1. The first-order chi connectivity index (χ1) is 13.2. The van der Waals surface area contributed by atoms with Gasteiger partial charge in [-0.15, -0.1) is 0 Å². The van der Waals surface area contributed by atoms with Crippen LogP contribution in [0.15, 0.2) is 53.3 Å². The average molecular weight is 362 g/mol. The molecule has 3 aromatic rings. The lowest BCUT2D eigenvalue weighted by molar-refractivity contribution is 0.0387. The lowest BCUT2D eigenvalue weighted by Gasteiger charge is -2.41. The average Bonchev–Trinajstić information content (AvgIpc) is 3.28. The monoisotopic (exact) mass is 362 g/mol. The van der Waals surface area contributed by atoms with E-state index < -0.39 is 0 Å². The number of hydrogen-bond acceptors (Lipinski definition) is 6. The third-order valence-corrected chi connectivity index (χ3v) is 6.12. The Morgan fingerprint density at radius 3 is 2.70 bits per heavy atom. The van der Waals surface area contributed by atoms with E-state index in [-0.39, 0.29) is 11.5 Å². The van der Waals surface area contributed by atoms with E-state index in [2.05, 4.69) is 44.3 Å². The molecule has 1 aliphatic carbocycles. The van der Waals surface area contributed by atoms with Crippen molar-refractivity contribution in [1.82, 2.24) is 20.0 Å². The fourth-order valence-corrected chi connectivity index (χ4v) is 4.61. The predicted molar refractivity (Wildman–Crippen MR) is 99.9 cm³/mol. The molecule has 0 amide bonds. The number of hydrogen-bond donors (Lipinski definition) is 1. The van der Waals surface area contributed by atoms with Gasteiger partial charge in [-0.3, -0.25) is 9.88 Å². The number of rotatable bonds is 3. The van der Waals surface area contributed by atoms with Crippen molar-refractivity contribution in [3.05, 3.63) is 65.8 Å². The molecule has 1 atom stereocenters. The number of nitrogens with zero attached hydrogens (tertiary/aromatic N) is 4. The Labute approximate surface area is 157 Å². The van der Waals surface area contributed by atoms with Crippen molar-refractivity contribution in [3.8, 4) is 11.4 Å². The van der Waals surface area contributed by atoms with Crippen molar-refractivity contribution in [2.75, 3.05) is 13.1 Å². The number of likely N-dealkylation sites (tertiary alicyclic amines) is 1. The summed E-state index contributed by atoms with van der Waals surface area (Å²) >= 11 is 0. The van der Waals surface area contributed by atoms with Crippen LogP contribution in [0, 0.1) is 0 Å². The Kier molecular flexibility index (Phi) is 4.02. The van der Waals surface area contributed by atoms with Crippen molar-refractivity contribution < 1.29 is 9.63 Å². The number of fused-ring (bicyclic) bond motifs is 2. The fourth-order valence-electron chi connectivity index (χ4n) is 4.61. The molecule has 5 rings (SSSR count). The van der Waals surface area contributed by atoms with Crippen LogP contribution >= 0.6 is 0 Å². The van der Waals surface area contributed by atoms with Gasteiger partial charge in [-0.2, -0.15) is 4.98 Å². The molecule has 6 nitrogen and oxygen atoms in total. The van der Waals surface area contributed by atoms with Gasteiger partial charge in [0.1, 0.15) is 0 Å². The van der Waals surface area contributed by atoms with Crippen LogP contribution in [0.25, 0.3) is 11.4 Å². The summed E-state index contributed by atoms with van der Waals surface area (Å²) in [6.45, 7) is 2.47. The summed E-state index contributed by atoms with van der Waals surface area (Å²) in [5.74, 6) is 1.23. The molecule has 1 aromatic carbocycles. The lowest BCUT2D eigenvalue weighted by Crippen LogP contribution is -2.47. The maximum Gasteiger partial charge on any atom is 0.241 e. The van der Waals surface area contributed by atoms with Crippen LogP contribution in [0.5, 0.6) is 0 Å². The highest BCUT2D eigenvalue weighted by atomic mass is 16.5. The minimum Gasteiger partial charge on any atom is -0.392 e. The number of aliphatic hydroxyl groups is 1. The summed E-state index contributed by atoms with van der Waals surface area (Å²) in [6, 6.07) is 12.2. The molecule has 1 fully saturated rings. The minimum atomic E-state index is -0.279. The van der Waals surface area contributed by atoms with Gasteiger partial charge in [0.2, 0.25) is 11.7 Å². The van der Waals surface area contributed by atoms with E-state index in [4.69, 9.17) is 4.52 Å². The third-order valence-electron chi connectivity index (χ3n) is 6.12. The third kappa shape index (κ3) is 2.85. The number of benzene rings is 1. The molecule has 0 radical (unpaired) electrons. The summed E-state index contributed by atoms with van der Waals surface area (Å²) in [6.07, 6.45) is 5.85. The second-order valence-electron chi connectivity index (χ2n) is 7.56. The molecular formula is C21H22N4O2. The molecule has 6 heteroatoms. The van der Waals surface area contributed by atoms with Gasteiger partial charge < -0.3 is 9.63 Å². The summed E-state index contributed by atoms with van der Waals surface area (Å²) in [5.41, 5.74) is 3.46. The van der Waals surface area contributed by atoms with Crippen molar-refractivity contribution in [2.24, 2.45) is 0 Å². The number of pyridine rings is 1. The van der Waals surface area contributed by atoms with E-state index in [1.807, 2.05) is 12.1 Å². The van der Waals surface area contributed by atoms with Crippen molar-refractivity contribution in [2.45, 2.75) is 37.3 Å². The molecule has 0 unspecified atom stereocenters. The highest BCUT2D eigenvalue weighted by Crippen LogP contribution is 2.46. The second-order valence-corrected chi connectivity index (χ2v) is 7.56. The van der Waals surface area contributed by atoms with Crippen molar-refractivity contribution in [1.29, 1.82) is 0 Å². The first-order valence-electron chi connectivity index (χ1n) is 9.46. The molecule has 1 spiro atoms. The van der Waals surface area contributed by atoms with E-state index in [0.717, 1.165) is 37.9 Å². The minimum absolute atomic E-state index is 0.0931. The quantitative estimate of drug-likeness (QED) is 0.772. The van der Waals surface area contributed by atoms with E-state index in [1.165, 1.54) is 11.1 Å². The van der Waals surface area contributed by atoms with Crippen LogP contribution in [-0.4, -0.2) is 44.3 Å². The number of aromatic nitrogens is 3. The van der Waals surface area contributed by atoms with Crippen LogP contribution < -0.4 is 0 Å². The SMILES string of the molecule is O[C@@H]1Cc2ccccc2C12CCN(Cc1nc(-c3ccncc3)no1)CC2. The van der Waals surface area contributed by atoms with Gasteiger partial charge in [0.15, 0.2) is 0 Å². The molecule has 1 N–H and O–H groups in total. The molecule has 3 heterocycles. The molecular weight excluding hydrogens is 340 g/mol. The van der Waals surface area contributed by atoms with Crippen molar-refractivity contribution in [3.63, 3.8) is 0 Å². The van der Waals surface area contributed by atoms with Crippen LogP contribution in [0.2, 0.25) is 0 Å². The van der Waals surface area contributed by atoms with Gasteiger partial charge in [0.25, 0.3) is 0 Å². The largest absolute Gasteiger partial charge is 0.392 e. The van der Waals surface area contributed by atoms with E-state index >= 15 is 0 Å². The summed E-state index contributed by atoms with van der Waals surface area (Å²) in [5, 5.41) is 14.9. The molecule has 1 aliphatic heterocycles. The highest BCUT2D eigenvalue weighted by Gasteiger charge is 2.47. The van der Waals surface area contributed by atoms with E-state index in [0.29, 0.717) is 18.3 Å². The zero-order valence-corrected chi connectivity index (χ0v) is 15.1. The predicted octanol–water partition coefficient (Wildman–Crippen LogP) is 2.58. The Morgan fingerprint density at radius 2 is 1.89 bits per heavy atom. The topological polar surface area (TPSA) is 75.3 Å². The van der Waals surface area contributed by atoms with Crippen LogP contribution in [0.3, 0.4) is 0 Å². The molecule has 0 bridgehead atoms. The normalized spacial score (nSPS) is 21.4. The van der Waals surface area contributed by atoms with E-state index in [9.17, 15) is 5.11 Å². The Bertz CT molecular complexity index is 932. The highest BCUT2D eigenvalue weighted by molar-refractivity contribution is 5.52. The van der Waals surface area contributed by atoms with Crippen LogP contribution in [0.1, 0.15) is 29.9 Å². The molecule has 1 saturated heterocycles.